The van der Waals surface area contributed by atoms with Crippen LogP contribution in [-0.2, 0) is 19.1 Å². The monoisotopic (exact) mass is 395 g/mol. The van der Waals surface area contributed by atoms with Crippen molar-refractivity contribution in [3.8, 4) is 0 Å². The van der Waals surface area contributed by atoms with E-state index in [2.05, 4.69) is 24.5 Å². The van der Waals surface area contributed by atoms with Crippen LogP contribution in [0.4, 0.5) is 4.79 Å². The summed E-state index contributed by atoms with van der Waals surface area (Å²) in [6.45, 7) is 8.50. The zero-order chi connectivity index (χ0) is 20.8. The Kier molecular flexibility index (Phi) is 7.83. The summed E-state index contributed by atoms with van der Waals surface area (Å²) in [5.74, 6) is -0.609. The number of imide groups is 1. The first-order chi connectivity index (χ1) is 13.2. The predicted molar refractivity (Wildman–Crippen MR) is 103 cm³/mol. The number of hydrogen-bond donors (Lipinski definition) is 2. The number of esters is 1. The number of nitrogens with zero attached hydrogens (tertiary/aromatic N) is 1. The topological polar surface area (TPSA) is 105 Å². The second-order valence-electron chi connectivity index (χ2n) is 8.54. The Balaban J connectivity index is 1.78. The molecule has 0 aromatic rings. The van der Waals surface area contributed by atoms with Crippen LogP contribution in [0.5, 0.6) is 0 Å². The van der Waals surface area contributed by atoms with E-state index in [9.17, 15) is 19.2 Å². The standard InChI is InChI=1S/C20H33N3O5/c1-12(2)9-21-20(27)22-17(24)11-28-19(26)15-8-18(25)23(10-15)16-7-5-6-13(3)14(16)4/h12-16H,5-11H2,1-4H3,(H2,21,22,24,27)/t13-,14+,15+,16-/m0/s1. The van der Waals surface area contributed by atoms with E-state index in [1.807, 2.05) is 18.7 Å². The van der Waals surface area contributed by atoms with E-state index >= 15 is 0 Å². The summed E-state index contributed by atoms with van der Waals surface area (Å²) in [5.41, 5.74) is 0. The van der Waals surface area contributed by atoms with E-state index in [4.69, 9.17) is 4.74 Å². The molecule has 1 saturated carbocycles. The maximum absolute atomic E-state index is 12.4. The van der Waals surface area contributed by atoms with E-state index in [1.165, 1.54) is 6.42 Å². The molecule has 0 bridgehead atoms. The number of likely N-dealkylation sites (tertiary alicyclic amines) is 1. The van der Waals surface area contributed by atoms with Crippen molar-refractivity contribution >= 4 is 23.8 Å². The average Bonchev–Trinajstić information content (AvgIpc) is 3.02. The minimum absolute atomic E-state index is 0.0228. The largest absolute Gasteiger partial charge is 0.455 e. The van der Waals surface area contributed by atoms with Crippen molar-refractivity contribution in [3.05, 3.63) is 0 Å². The Bertz CT molecular complexity index is 607. The van der Waals surface area contributed by atoms with Gasteiger partial charge in [0, 0.05) is 25.6 Å². The SMILES string of the molecule is CC(C)CNC(=O)NC(=O)COC(=O)[C@@H]1CC(=O)N([C@H]2CCC[C@H](C)[C@H]2C)C1. The molecule has 2 N–H and O–H groups in total. The normalized spacial score (nSPS) is 27.6. The highest BCUT2D eigenvalue weighted by Crippen LogP contribution is 2.35. The first kappa shape index (κ1) is 22.2. The molecule has 4 amide bonds. The Labute approximate surface area is 166 Å². The van der Waals surface area contributed by atoms with Crippen LogP contribution in [0.2, 0.25) is 0 Å². The predicted octanol–water partition coefficient (Wildman–Crippen LogP) is 1.68. The van der Waals surface area contributed by atoms with Gasteiger partial charge in [0.15, 0.2) is 6.61 Å². The van der Waals surface area contributed by atoms with Crippen molar-refractivity contribution in [1.82, 2.24) is 15.5 Å². The summed E-state index contributed by atoms with van der Waals surface area (Å²) in [6, 6.07) is -0.445. The molecule has 8 nitrogen and oxygen atoms in total. The van der Waals surface area contributed by atoms with Gasteiger partial charge in [-0.05, 0) is 24.2 Å². The zero-order valence-electron chi connectivity index (χ0n) is 17.3. The van der Waals surface area contributed by atoms with Crippen LogP contribution in [0.15, 0.2) is 0 Å². The van der Waals surface area contributed by atoms with Crippen molar-refractivity contribution in [2.24, 2.45) is 23.7 Å². The Morgan fingerprint density at radius 1 is 1.21 bits per heavy atom. The highest BCUT2D eigenvalue weighted by molar-refractivity contribution is 5.96. The molecule has 2 fully saturated rings. The Hall–Kier alpha value is -2.12. The van der Waals surface area contributed by atoms with Crippen molar-refractivity contribution in [3.63, 3.8) is 0 Å². The van der Waals surface area contributed by atoms with Crippen LogP contribution < -0.4 is 10.6 Å². The number of amides is 4. The van der Waals surface area contributed by atoms with Gasteiger partial charge in [-0.2, -0.15) is 0 Å². The molecule has 1 saturated heterocycles. The number of hydrogen-bond acceptors (Lipinski definition) is 5. The lowest BCUT2D eigenvalue weighted by Gasteiger charge is -2.39. The van der Waals surface area contributed by atoms with Gasteiger partial charge >= 0.3 is 12.0 Å². The molecule has 8 heteroatoms. The first-order valence-corrected chi connectivity index (χ1v) is 10.2. The molecule has 28 heavy (non-hydrogen) atoms. The summed E-state index contributed by atoms with van der Waals surface area (Å²) in [4.78, 5) is 49.8. The number of carbonyl (C=O) groups is 4. The van der Waals surface area contributed by atoms with Crippen LogP contribution in [0.3, 0.4) is 0 Å². The van der Waals surface area contributed by atoms with E-state index in [-0.39, 0.29) is 24.3 Å². The molecule has 4 atom stereocenters. The first-order valence-electron chi connectivity index (χ1n) is 10.2. The lowest BCUT2D eigenvalue weighted by molar-refractivity contribution is -0.152. The van der Waals surface area contributed by atoms with Gasteiger partial charge in [-0.25, -0.2) is 4.79 Å². The lowest BCUT2D eigenvalue weighted by atomic mass is 9.77. The molecule has 0 spiro atoms. The fourth-order valence-corrected chi connectivity index (χ4v) is 3.96. The molecule has 1 aliphatic heterocycles. The average molecular weight is 396 g/mol. The summed E-state index contributed by atoms with van der Waals surface area (Å²) < 4.78 is 5.04. The minimum Gasteiger partial charge on any atom is -0.455 e. The molecule has 0 radical (unpaired) electrons. The van der Waals surface area contributed by atoms with E-state index < -0.39 is 30.4 Å². The van der Waals surface area contributed by atoms with Gasteiger partial charge in [0.25, 0.3) is 5.91 Å². The third-order valence-electron chi connectivity index (χ3n) is 5.83. The number of carbonyl (C=O) groups excluding carboxylic acids is 4. The highest BCUT2D eigenvalue weighted by Gasteiger charge is 2.42. The molecular weight excluding hydrogens is 362 g/mol. The molecule has 2 rings (SSSR count). The second-order valence-corrected chi connectivity index (χ2v) is 8.54. The van der Waals surface area contributed by atoms with E-state index in [0.29, 0.717) is 24.9 Å². The van der Waals surface area contributed by atoms with Crippen LogP contribution >= 0.6 is 0 Å². The fraction of sp³-hybridized carbons (Fsp3) is 0.800. The van der Waals surface area contributed by atoms with Gasteiger partial charge in [-0.1, -0.05) is 40.5 Å². The molecule has 0 aromatic heterocycles. The number of ether oxygens (including phenoxy) is 1. The lowest BCUT2D eigenvalue weighted by Crippen LogP contribution is -2.45. The molecule has 1 aliphatic carbocycles. The summed E-state index contributed by atoms with van der Waals surface area (Å²) in [5, 5.41) is 4.67. The van der Waals surface area contributed by atoms with Crippen molar-refractivity contribution in [2.45, 2.75) is 59.4 Å². The molecule has 0 unspecified atom stereocenters. The number of rotatable bonds is 6. The molecule has 2 aliphatic rings. The van der Waals surface area contributed by atoms with Crippen molar-refractivity contribution in [1.29, 1.82) is 0 Å². The fourth-order valence-electron chi connectivity index (χ4n) is 3.96. The zero-order valence-corrected chi connectivity index (χ0v) is 17.3. The van der Waals surface area contributed by atoms with Gasteiger partial charge in [0.2, 0.25) is 5.91 Å². The molecular formula is C20H33N3O5. The Morgan fingerprint density at radius 3 is 2.61 bits per heavy atom. The van der Waals surface area contributed by atoms with Gasteiger partial charge in [-0.3, -0.25) is 19.7 Å². The van der Waals surface area contributed by atoms with Crippen LogP contribution in [0, 0.1) is 23.7 Å². The maximum atomic E-state index is 12.4. The van der Waals surface area contributed by atoms with Crippen LogP contribution in [-0.4, -0.2) is 54.5 Å². The third kappa shape index (κ3) is 5.94. The van der Waals surface area contributed by atoms with Crippen LogP contribution in [0.1, 0.15) is 53.4 Å². The minimum atomic E-state index is -0.689. The van der Waals surface area contributed by atoms with Crippen molar-refractivity contribution in [2.75, 3.05) is 19.7 Å². The number of urea groups is 1. The molecule has 158 valence electrons. The van der Waals surface area contributed by atoms with E-state index in [1.54, 1.807) is 0 Å². The van der Waals surface area contributed by atoms with Gasteiger partial charge < -0.3 is 15.0 Å². The van der Waals surface area contributed by atoms with Gasteiger partial charge in [0.05, 0.1) is 5.92 Å². The van der Waals surface area contributed by atoms with Crippen molar-refractivity contribution < 1.29 is 23.9 Å². The van der Waals surface area contributed by atoms with Gasteiger partial charge in [0.1, 0.15) is 0 Å². The highest BCUT2D eigenvalue weighted by atomic mass is 16.5. The Morgan fingerprint density at radius 2 is 1.93 bits per heavy atom. The van der Waals surface area contributed by atoms with E-state index in [0.717, 1.165) is 12.8 Å². The van der Waals surface area contributed by atoms with Crippen LogP contribution in [0.25, 0.3) is 0 Å². The quantitative estimate of drug-likeness (QED) is 0.666. The maximum Gasteiger partial charge on any atom is 0.321 e. The molecule has 1 heterocycles. The summed E-state index contributed by atoms with van der Waals surface area (Å²) >= 11 is 0. The molecule has 0 aromatic carbocycles. The summed E-state index contributed by atoms with van der Waals surface area (Å²) in [7, 11) is 0. The summed E-state index contributed by atoms with van der Waals surface area (Å²) in [6.07, 6.45) is 3.35. The number of nitrogens with one attached hydrogen (secondary N) is 2. The van der Waals surface area contributed by atoms with Gasteiger partial charge in [-0.15, -0.1) is 0 Å². The second kappa shape index (κ2) is 9.89. The smallest absolute Gasteiger partial charge is 0.321 e. The third-order valence-corrected chi connectivity index (χ3v) is 5.83.